The summed E-state index contributed by atoms with van der Waals surface area (Å²) in [6.07, 6.45) is 1.62. The Balaban J connectivity index is 2.51. The first-order valence-electron chi connectivity index (χ1n) is 5.56. The maximum atomic E-state index is 12.5. The van der Waals surface area contributed by atoms with Gasteiger partial charge in [-0.2, -0.15) is 4.31 Å². The molecule has 0 atom stereocenters. The average molecular weight is 304 g/mol. The van der Waals surface area contributed by atoms with Crippen LogP contribution in [0.15, 0.2) is 29.4 Å². The summed E-state index contributed by atoms with van der Waals surface area (Å²) in [5.74, 6) is 0. The minimum atomic E-state index is -3.70. The molecule has 0 amide bonds. The van der Waals surface area contributed by atoms with Gasteiger partial charge in [0.2, 0.25) is 0 Å². The van der Waals surface area contributed by atoms with Gasteiger partial charge in [0.1, 0.15) is 5.65 Å². The van der Waals surface area contributed by atoms with E-state index >= 15 is 0 Å². The van der Waals surface area contributed by atoms with Gasteiger partial charge in [0.05, 0.1) is 6.61 Å². The fourth-order valence-corrected chi connectivity index (χ4v) is 3.40. The van der Waals surface area contributed by atoms with Crippen molar-refractivity contribution in [2.24, 2.45) is 0 Å². The molecule has 0 bridgehead atoms. The molecule has 0 unspecified atom stereocenters. The number of ether oxygens (including phenoxy) is 1. The van der Waals surface area contributed by atoms with Crippen molar-refractivity contribution in [3.63, 3.8) is 0 Å². The molecule has 2 aromatic heterocycles. The summed E-state index contributed by atoms with van der Waals surface area (Å²) in [7, 11) is -0.709. The van der Waals surface area contributed by atoms with Crippen LogP contribution >= 0.6 is 11.6 Å². The zero-order valence-corrected chi connectivity index (χ0v) is 12.1. The summed E-state index contributed by atoms with van der Waals surface area (Å²) in [6, 6.07) is 5.18. The number of fused-ring (bicyclic) bond motifs is 1. The first-order chi connectivity index (χ1) is 8.98. The van der Waals surface area contributed by atoms with E-state index < -0.39 is 10.0 Å². The molecular weight excluding hydrogens is 290 g/mol. The van der Waals surface area contributed by atoms with Gasteiger partial charge in [-0.05, 0) is 12.1 Å². The van der Waals surface area contributed by atoms with Crippen molar-refractivity contribution in [3.8, 4) is 0 Å². The number of imidazole rings is 1. The standard InChI is InChI=1S/C11H14ClN3O3S/c1-14(7-8-18-2)19(16,17)11-10(12)13-9-5-3-4-6-15(9)11/h3-6H,7-8H2,1-2H3. The summed E-state index contributed by atoms with van der Waals surface area (Å²) >= 11 is 5.96. The summed E-state index contributed by atoms with van der Waals surface area (Å²) in [6.45, 7) is 0.555. The lowest BCUT2D eigenvalue weighted by atomic mass is 10.5. The predicted octanol–water partition coefficient (Wildman–Crippen LogP) is 1.25. The van der Waals surface area contributed by atoms with Crippen molar-refractivity contribution in [1.29, 1.82) is 0 Å². The predicted molar refractivity (Wildman–Crippen MR) is 71.9 cm³/mol. The van der Waals surface area contributed by atoms with E-state index in [1.807, 2.05) is 0 Å². The highest BCUT2D eigenvalue weighted by molar-refractivity contribution is 7.89. The normalized spacial score (nSPS) is 12.4. The Hall–Kier alpha value is -1.15. The van der Waals surface area contributed by atoms with Crippen LogP contribution in [0.5, 0.6) is 0 Å². The molecule has 0 saturated heterocycles. The number of aromatic nitrogens is 2. The van der Waals surface area contributed by atoms with E-state index in [0.717, 1.165) is 0 Å². The summed E-state index contributed by atoms with van der Waals surface area (Å²) in [5, 5.41) is -0.0566. The van der Waals surface area contributed by atoms with Crippen LogP contribution in [0.2, 0.25) is 5.15 Å². The Morgan fingerprint density at radius 2 is 2.21 bits per heavy atom. The molecule has 8 heteroatoms. The average Bonchev–Trinajstić information content (AvgIpc) is 2.72. The molecule has 19 heavy (non-hydrogen) atoms. The number of hydrogen-bond acceptors (Lipinski definition) is 4. The summed E-state index contributed by atoms with van der Waals surface area (Å²) < 4.78 is 32.5. The fraction of sp³-hybridized carbons (Fsp3) is 0.364. The smallest absolute Gasteiger partial charge is 0.262 e. The van der Waals surface area contributed by atoms with E-state index in [-0.39, 0.29) is 16.7 Å². The van der Waals surface area contributed by atoms with Gasteiger partial charge in [0.25, 0.3) is 10.0 Å². The molecule has 0 aliphatic rings. The molecule has 0 N–H and O–H groups in total. The van der Waals surface area contributed by atoms with E-state index in [4.69, 9.17) is 16.3 Å². The number of pyridine rings is 1. The lowest BCUT2D eigenvalue weighted by molar-refractivity contribution is 0.185. The molecule has 2 aromatic rings. The molecular formula is C11H14ClN3O3S. The Morgan fingerprint density at radius 1 is 1.47 bits per heavy atom. The monoisotopic (exact) mass is 303 g/mol. The third kappa shape index (κ3) is 2.59. The van der Waals surface area contributed by atoms with Crippen LogP contribution in [-0.4, -0.2) is 49.4 Å². The van der Waals surface area contributed by atoms with Gasteiger partial charge in [-0.3, -0.25) is 4.40 Å². The van der Waals surface area contributed by atoms with E-state index in [0.29, 0.717) is 12.3 Å². The molecule has 104 valence electrons. The highest BCUT2D eigenvalue weighted by atomic mass is 35.5. The van der Waals surface area contributed by atoms with E-state index in [2.05, 4.69) is 4.98 Å². The SMILES string of the molecule is COCCN(C)S(=O)(=O)c1c(Cl)nc2ccccn12. The topological polar surface area (TPSA) is 63.9 Å². The Labute approximate surface area is 116 Å². The first kappa shape index (κ1) is 14.3. The Kier molecular flexibility index (Phi) is 4.10. The highest BCUT2D eigenvalue weighted by Gasteiger charge is 2.28. The third-order valence-electron chi connectivity index (χ3n) is 2.71. The molecule has 0 radical (unpaired) electrons. The van der Waals surface area contributed by atoms with Crippen LogP contribution in [0.4, 0.5) is 0 Å². The summed E-state index contributed by atoms with van der Waals surface area (Å²) in [5.41, 5.74) is 0.492. The number of rotatable bonds is 5. The number of methoxy groups -OCH3 is 1. The highest BCUT2D eigenvalue weighted by Crippen LogP contribution is 2.24. The number of nitrogens with zero attached hydrogens (tertiary/aromatic N) is 3. The van der Waals surface area contributed by atoms with Crippen molar-refractivity contribution in [2.75, 3.05) is 27.3 Å². The van der Waals surface area contributed by atoms with Gasteiger partial charge in [0.15, 0.2) is 10.2 Å². The van der Waals surface area contributed by atoms with Crippen LogP contribution in [0.1, 0.15) is 0 Å². The second-order valence-electron chi connectivity index (χ2n) is 3.96. The third-order valence-corrected chi connectivity index (χ3v) is 4.97. The zero-order chi connectivity index (χ0) is 14.0. The van der Waals surface area contributed by atoms with Crippen LogP contribution in [0.3, 0.4) is 0 Å². The van der Waals surface area contributed by atoms with Crippen LogP contribution in [0.25, 0.3) is 5.65 Å². The molecule has 2 rings (SSSR count). The lowest BCUT2D eigenvalue weighted by Gasteiger charge is -2.16. The fourth-order valence-electron chi connectivity index (χ4n) is 1.66. The Bertz CT molecular complexity index is 684. The molecule has 0 aromatic carbocycles. The van der Waals surface area contributed by atoms with E-state index in [1.165, 1.54) is 22.9 Å². The van der Waals surface area contributed by atoms with E-state index in [1.54, 1.807) is 24.4 Å². The van der Waals surface area contributed by atoms with Crippen molar-refractivity contribution < 1.29 is 13.2 Å². The van der Waals surface area contributed by atoms with Crippen LogP contribution in [-0.2, 0) is 14.8 Å². The second-order valence-corrected chi connectivity index (χ2v) is 6.27. The number of likely N-dealkylation sites (N-methyl/N-ethyl adjacent to an activating group) is 1. The molecule has 0 fully saturated rings. The molecule has 0 spiro atoms. The van der Waals surface area contributed by atoms with Gasteiger partial charge in [-0.1, -0.05) is 17.7 Å². The van der Waals surface area contributed by atoms with Crippen molar-refractivity contribution in [3.05, 3.63) is 29.5 Å². The molecule has 0 aliphatic carbocycles. The van der Waals surface area contributed by atoms with Gasteiger partial charge in [-0.25, -0.2) is 13.4 Å². The maximum absolute atomic E-state index is 12.5. The molecule has 2 heterocycles. The second kappa shape index (κ2) is 5.46. The molecule has 0 aliphatic heterocycles. The number of halogens is 1. The van der Waals surface area contributed by atoms with Gasteiger partial charge < -0.3 is 4.74 Å². The zero-order valence-electron chi connectivity index (χ0n) is 10.6. The molecule has 6 nitrogen and oxygen atoms in total. The van der Waals surface area contributed by atoms with Crippen molar-refractivity contribution in [1.82, 2.24) is 13.7 Å². The number of hydrogen-bond donors (Lipinski definition) is 0. The minimum Gasteiger partial charge on any atom is -0.383 e. The largest absolute Gasteiger partial charge is 0.383 e. The minimum absolute atomic E-state index is 0.0247. The van der Waals surface area contributed by atoms with Crippen LogP contribution < -0.4 is 0 Å². The molecule has 0 saturated carbocycles. The lowest BCUT2D eigenvalue weighted by Crippen LogP contribution is -2.31. The van der Waals surface area contributed by atoms with Gasteiger partial charge >= 0.3 is 0 Å². The van der Waals surface area contributed by atoms with E-state index in [9.17, 15) is 8.42 Å². The van der Waals surface area contributed by atoms with Gasteiger partial charge in [-0.15, -0.1) is 0 Å². The van der Waals surface area contributed by atoms with Crippen LogP contribution in [0, 0.1) is 0 Å². The van der Waals surface area contributed by atoms with Crippen molar-refractivity contribution in [2.45, 2.75) is 5.03 Å². The van der Waals surface area contributed by atoms with Crippen molar-refractivity contribution >= 4 is 27.3 Å². The quantitative estimate of drug-likeness (QED) is 0.834. The Morgan fingerprint density at radius 3 is 2.89 bits per heavy atom. The number of sulfonamides is 1. The maximum Gasteiger partial charge on any atom is 0.262 e. The first-order valence-corrected chi connectivity index (χ1v) is 7.38. The summed E-state index contributed by atoms with van der Waals surface area (Å²) in [4.78, 5) is 4.03. The van der Waals surface area contributed by atoms with Gasteiger partial charge in [0, 0.05) is 26.9 Å².